The molecule has 1 amide bonds. The summed E-state index contributed by atoms with van der Waals surface area (Å²) in [6, 6.07) is 0. The molecular weight excluding hydrogens is 174 g/mol. The Bertz CT molecular complexity index is 170. The van der Waals surface area contributed by atoms with E-state index >= 15 is 0 Å². The van der Waals surface area contributed by atoms with E-state index in [1.807, 2.05) is 13.8 Å². The van der Waals surface area contributed by atoms with Gasteiger partial charge in [0.15, 0.2) is 0 Å². The Balaban J connectivity index is 3.86. The average molecular weight is 189 g/mol. The minimum Gasteiger partial charge on any atom is -0.434 e. The van der Waals surface area contributed by atoms with E-state index in [4.69, 9.17) is 9.47 Å². The Morgan fingerprint density at radius 1 is 1.54 bits per heavy atom. The summed E-state index contributed by atoms with van der Waals surface area (Å²) in [6.45, 7) is 5.09. The highest BCUT2D eigenvalue weighted by Gasteiger charge is 2.13. The summed E-state index contributed by atoms with van der Waals surface area (Å²) < 4.78 is 9.98. The van der Waals surface area contributed by atoms with E-state index in [0.717, 1.165) is 0 Å². The number of hydrogen-bond acceptors (Lipinski definition) is 4. The molecule has 0 aromatic carbocycles. The maximum Gasteiger partial charge on any atom is 0.305 e. The van der Waals surface area contributed by atoms with Crippen molar-refractivity contribution in [3.8, 4) is 0 Å². The Morgan fingerprint density at radius 2 is 2.15 bits per heavy atom. The molecule has 0 unspecified atom stereocenters. The molecule has 5 nitrogen and oxygen atoms in total. The number of hydrogen-bond donors (Lipinski definition) is 1. The summed E-state index contributed by atoms with van der Waals surface area (Å²) >= 11 is 0. The topological polar surface area (TPSA) is 64.6 Å². The molecule has 1 N–H and O–H groups in total. The largest absolute Gasteiger partial charge is 0.434 e. The number of rotatable bonds is 6. The molecule has 0 spiro atoms. The van der Waals surface area contributed by atoms with Crippen molar-refractivity contribution in [3.63, 3.8) is 0 Å². The monoisotopic (exact) mass is 189 g/mol. The summed E-state index contributed by atoms with van der Waals surface area (Å²) in [6.07, 6.45) is -0.235. The zero-order chi connectivity index (χ0) is 10.3. The van der Waals surface area contributed by atoms with Crippen LogP contribution in [0.2, 0.25) is 0 Å². The molecule has 0 aromatic rings. The maximum absolute atomic E-state index is 10.6. The molecule has 5 heteroatoms. The lowest BCUT2D eigenvalue weighted by Gasteiger charge is -2.19. The van der Waals surface area contributed by atoms with Crippen molar-refractivity contribution in [3.05, 3.63) is 0 Å². The second kappa shape index (κ2) is 6.42. The molecule has 0 bridgehead atoms. The van der Waals surface area contributed by atoms with Gasteiger partial charge in [-0.2, -0.15) is 0 Å². The molecule has 0 saturated heterocycles. The van der Waals surface area contributed by atoms with Crippen molar-refractivity contribution in [1.29, 1.82) is 0 Å². The third kappa shape index (κ3) is 7.27. The molecule has 0 aromatic heterocycles. The van der Waals surface area contributed by atoms with E-state index in [1.54, 1.807) is 0 Å². The number of ether oxygens (including phenoxy) is 2. The number of amides is 1. The summed E-state index contributed by atoms with van der Waals surface area (Å²) in [7, 11) is 0. The van der Waals surface area contributed by atoms with Gasteiger partial charge in [0.2, 0.25) is 12.7 Å². The van der Waals surface area contributed by atoms with E-state index in [0.29, 0.717) is 6.41 Å². The minimum atomic E-state index is -0.706. The van der Waals surface area contributed by atoms with E-state index in [-0.39, 0.29) is 12.6 Å². The molecule has 0 radical (unpaired) electrons. The smallest absolute Gasteiger partial charge is 0.305 e. The first-order valence-corrected chi connectivity index (χ1v) is 4.06. The first-order valence-electron chi connectivity index (χ1n) is 4.06. The van der Waals surface area contributed by atoms with Gasteiger partial charge < -0.3 is 14.8 Å². The fraction of sp³-hybridized carbons (Fsp3) is 0.750. The summed E-state index contributed by atoms with van der Waals surface area (Å²) in [5, 5.41) is 2.38. The molecule has 0 saturated carbocycles. The second-order valence-corrected chi connectivity index (χ2v) is 2.75. The highest BCUT2D eigenvalue weighted by Crippen LogP contribution is 1.99. The molecular formula is C8H15NO4. The van der Waals surface area contributed by atoms with Gasteiger partial charge in [0.25, 0.3) is 0 Å². The van der Waals surface area contributed by atoms with E-state index in [2.05, 4.69) is 5.32 Å². The van der Waals surface area contributed by atoms with Gasteiger partial charge in [-0.15, -0.1) is 0 Å². The highest BCUT2D eigenvalue weighted by molar-refractivity contribution is 5.66. The predicted octanol–water partition coefficient (Wildman–Crippen LogP) is 0.0466. The van der Waals surface area contributed by atoms with Crippen LogP contribution in [0.5, 0.6) is 0 Å². The lowest BCUT2D eigenvalue weighted by Crippen LogP contribution is -2.33. The van der Waals surface area contributed by atoms with Crippen LogP contribution in [0.25, 0.3) is 0 Å². The van der Waals surface area contributed by atoms with Crippen LogP contribution in [0.1, 0.15) is 20.8 Å². The number of carbonyl (C=O) groups excluding carboxylic acids is 2. The minimum absolute atomic E-state index is 0.0576. The molecule has 1 atom stereocenters. The second-order valence-electron chi connectivity index (χ2n) is 2.75. The van der Waals surface area contributed by atoms with Crippen molar-refractivity contribution in [2.45, 2.75) is 33.2 Å². The number of carbonyl (C=O) groups is 2. The molecule has 13 heavy (non-hydrogen) atoms. The van der Waals surface area contributed by atoms with Crippen LogP contribution in [-0.4, -0.2) is 31.3 Å². The highest BCUT2D eigenvalue weighted by atomic mass is 16.7. The van der Waals surface area contributed by atoms with E-state index in [9.17, 15) is 9.59 Å². The van der Waals surface area contributed by atoms with Gasteiger partial charge in [0.1, 0.15) is 0 Å². The van der Waals surface area contributed by atoms with Crippen LogP contribution in [0, 0.1) is 0 Å². The van der Waals surface area contributed by atoms with Crippen molar-refractivity contribution in [2.75, 3.05) is 6.54 Å². The van der Waals surface area contributed by atoms with Crippen molar-refractivity contribution < 1.29 is 19.1 Å². The SMILES string of the molecule is CC(=O)O[C@H](CNC=O)OC(C)C. The van der Waals surface area contributed by atoms with Crippen molar-refractivity contribution in [1.82, 2.24) is 5.32 Å². The van der Waals surface area contributed by atoms with Gasteiger partial charge in [0, 0.05) is 6.92 Å². The van der Waals surface area contributed by atoms with Gasteiger partial charge in [-0.3, -0.25) is 9.59 Å². The van der Waals surface area contributed by atoms with E-state index < -0.39 is 12.3 Å². The molecule has 0 aliphatic heterocycles. The molecule has 0 fully saturated rings. The Hall–Kier alpha value is -1.10. The van der Waals surface area contributed by atoms with Gasteiger partial charge in [-0.1, -0.05) is 0 Å². The summed E-state index contributed by atoms with van der Waals surface area (Å²) in [5.74, 6) is -0.432. The maximum atomic E-state index is 10.6. The Kier molecular flexibility index (Phi) is 5.88. The van der Waals surface area contributed by atoms with Crippen LogP contribution in [0.4, 0.5) is 0 Å². The first kappa shape index (κ1) is 11.9. The van der Waals surface area contributed by atoms with E-state index in [1.165, 1.54) is 6.92 Å². The Morgan fingerprint density at radius 3 is 2.54 bits per heavy atom. The van der Waals surface area contributed by atoms with Gasteiger partial charge in [-0.05, 0) is 13.8 Å². The fourth-order valence-corrected chi connectivity index (χ4v) is 0.751. The molecule has 0 rings (SSSR count). The average Bonchev–Trinajstić information content (AvgIpc) is 1.98. The first-order chi connectivity index (χ1) is 6.06. The lowest BCUT2D eigenvalue weighted by molar-refractivity contribution is -0.182. The number of nitrogens with one attached hydrogen (secondary N) is 1. The van der Waals surface area contributed by atoms with Crippen LogP contribution in [0.3, 0.4) is 0 Å². The predicted molar refractivity (Wildman–Crippen MR) is 45.8 cm³/mol. The molecule has 0 aliphatic rings. The fourth-order valence-electron chi connectivity index (χ4n) is 0.751. The van der Waals surface area contributed by atoms with Crippen molar-refractivity contribution in [2.24, 2.45) is 0 Å². The van der Waals surface area contributed by atoms with Crippen LogP contribution in [0.15, 0.2) is 0 Å². The van der Waals surface area contributed by atoms with Gasteiger partial charge >= 0.3 is 5.97 Å². The molecule has 0 aliphatic carbocycles. The molecule has 76 valence electrons. The zero-order valence-electron chi connectivity index (χ0n) is 8.07. The lowest BCUT2D eigenvalue weighted by atomic mass is 10.5. The number of esters is 1. The summed E-state index contributed by atoms with van der Waals surface area (Å²) in [4.78, 5) is 20.6. The molecule has 0 heterocycles. The zero-order valence-corrected chi connectivity index (χ0v) is 8.07. The summed E-state index contributed by atoms with van der Waals surface area (Å²) in [5.41, 5.74) is 0. The van der Waals surface area contributed by atoms with Crippen LogP contribution >= 0.6 is 0 Å². The van der Waals surface area contributed by atoms with Crippen LogP contribution in [-0.2, 0) is 19.1 Å². The van der Waals surface area contributed by atoms with Crippen molar-refractivity contribution >= 4 is 12.4 Å². The van der Waals surface area contributed by atoms with Gasteiger partial charge in [0.05, 0.1) is 12.6 Å². The normalized spacial score (nSPS) is 12.3. The van der Waals surface area contributed by atoms with Gasteiger partial charge in [-0.25, -0.2) is 0 Å². The standard InChI is InChI=1S/C8H15NO4/c1-6(2)12-8(4-9-5-10)13-7(3)11/h5-6,8H,4H2,1-3H3,(H,9,10)/t8-/m1/s1. The van der Waals surface area contributed by atoms with Crippen LogP contribution < -0.4 is 5.32 Å². The quantitative estimate of drug-likeness (QED) is 0.364. The Labute approximate surface area is 77.4 Å². The third-order valence-electron chi connectivity index (χ3n) is 1.09. The third-order valence-corrected chi connectivity index (χ3v) is 1.09.